The van der Waals surface area contributed by atoms with E-state index in [0.29, 0.717) is 11.8 Å². The van der Waals surface area contributed by atoms with Gasteiger partial charge >= 0.3 is 0 Å². The lowest BCUT2D eigenvalue weighted by Crippen LogP contribution is -2.37. The minimum absolute atomic E-state index is 0. The number of aryl methyl sites for hydroxylation is 1. The molecule has 1 fully saturated rings. The number of hydrogen-bond acceptors (Lipinski definition) is 3. The topological polar surface area (TPSA) is 41.1 Å². The summed E-state index contributed by atoms with van der Waals surface area (Å²) in [6.45, 7) is 3.91. The Labute approximate surface area is 125 Å². The number of hydrogen-bond donors (Lipinski definition) is 2. The first-order chi connectivity index (χ1) is 8.75. The van der Waals surface area contributed by atoms with Gasteiger partial charge in [-0.2, -0.15) is 0 Å². The molecule has 1 aliphatic heterocycles. The lowest BCUT2D eigenvalue weighted by atomic mass is 10.2. The quantitative estimate of drug-likeness (QED) is 0.820. The van der Waals surface area contributed by atoms with Gasteiger partial charge in [0.2, 0.25) is 5.91 Å². The Morgan fingerprint density at radius 3 is 2.95 bits per heavy atom. The fraction of sp³-hybridized carbons (Fsp3) is 0.500. The zero-order valence-electron chi connectivity index (χ0n) is 11.1. The molecule has 1 atom stereocenters. The molecule has 106 valence electrons. The molecule has 1 aromatic carbocycles. The summed E-state index contributed by atoms with van der Waals surface area (Å²) >= 11 is 1.61. The number of rotatable bonds is 5. The molecule has 1 aliphatic rings. The monoisotopic (exact) mass is 300 g/mol. The minimum atomic E-state index is 0. The zero-order valence-corrected chi connectivity index (χ0v) is 12.8. The molecule has 1 aromatic rings. The molecular formula is C14H21ClN2OS. The molecule has 2 N–H and O–H groups in total. The van der Waals surface area contributed by atoms with Crippen LogP contribution in [0.15, 0.2) is 29.2 Å². The fourth-order valence-corrected chi connectivity index (χ4v) is 2.94. The van der Waals surface area contributed by atoms with E-state index in [-0.39, 0.29) is 18.3 Å². The van der Waals surface area contributed by atoms with E-state index in [1.54, 1.807) is 11.8 Å². The maximum atomic E-state index is 11.7. The van der Waals surface area contributed by atoms with Crippen LogP contribution in [0.25, 0.3) is 0 Å². The Morgan fingerprint density at radius 1 is 1.47 bits per heavy atom. The summed E-state index contributed by atoms with van der Waals surface area (Å²) in [6, 6.07) is 8.63. The average molecular weight is 301 g/mol. The summed E-state index contributed by atoms with van der Waals surface area (Å²) in [4.78, 5) is 12.9. The van der Waals surface area contributed by atoms with Crippen LogP contribution in [0.5, 0.6) is 0 Å². The van der Waals surface area contributed by atoms with Crippen LogP contribution in [0.1, 0.15) is 18.4 Å². The molecule has 1 heterocycles. The average Bonchev–Trinajstić information content (AvgIpc) is 2.88. The number of thioether (sulfide) groups is 1. The molecule has 0 spiro atoms. The highest BCUT2D eigenvalue weighted by Crippen LogP contribution is 2.21. The Bertz CT molecular complexity index is 408. The van der Waals surface area contributed by atoms with E-state index in [0.717, 1.165) is 13.1 Å². The predicted octanol–water partition coefficient (Wildman–Crippen LogP) is 2.38. The van der Waals surface area contributed by atoms with Gasteiger partial charge in [-0.3, -0.25) is 4.79 Å². The number of benzene rings is 1. The normalized spacial score (nSPS) is 17.8. The van der Waals surface area contributed by atoms with Crippen LogP contribution < -0.4 is 10.6 Å². The van der Waals surface area contributed by atoms with Gasteiger partial charge in [0.25, 0.3) is 0 Å². The van der Waals surface area contributed by atoms with E-state index < -0.39 is 0 Å². The van der Waals surface area contributed by atoms with Crippen LogP contribution in [-0.4, -0.2) is 30.8 Å². The van der Waals surface area contributed by atoms with E-state index in [1.165, 1.54) is 23.3 Å². The van der Waals surface area contributed by atoms with Gasteiger partial charge in [0.1, 0.15) is 0 Å². The van der Waals surface area contributed by atoms with Gasteiger partial charge in [0.05, 0.1) is 5.75 Å². The molecule has 1 unspecified atom stereocenters. The molecule has 3 nitrogen and oxygen atoms in total. The van der Waals surface area contributed by atoms with Crippen molar-refractivity contribution in [3.05, 3.63) is 29.8 Å². The number of amides is 1. The van der Waals surface area contributed by atoms with Crippen molar-refractivity contribution in [3.8, 4) is 0 Å². The molecule has 1 amide bonds. The SMILES string of the molecule is Cc1ccccc1SCC(=O)NCC1CCCN1.Cl. The molecule has 0 aromatic heterocycles. The van der Waals surface area contributed by atoms with Crippen molar-refractivity contribution in [2.75, 3.05) is 18.8 Å². The van der Waals surface area contributed by atoms with Crippen molar-refractivity contribution in [1.82, 2.24) is 10.6 Å². The first-order valence-corrected chi connectivity index (χ1v) is 7.43. The standard InChI is InChI=1S/C14H20N2OS.ClH/c1-11-5-2-3-7-13(11)18-10-14(17)16-9-12-6-4-8-15-12;/h2-3,5,7,12,15H,4,6,8-10H2,1H3,(H,16,17);1H. The molecular weight excluding hydrogens is 280 g/mol. The Morgan fingerprint density at radius 2 is 2.26 bits per heavy atom. The van der Waals surface area contributed by atoms with Crippen LogP contribution in [0.2, 0.25) is 0 Å². The summed E-state index contributed by atoms with van der Waals surface area (Å²) in [5.74, 6) is 0.620. The fourth-order valence-electron chi connectivity index (χ4n) is 2.08. The van der Waals surface area contributed by atoms with E-state index in [9.17, 15) is 4.79 Å². The van der Waals surface area contributed by atoms with Crippen LogP contribution in [-0.2, 0) is 4.79 Å². The predicted molar refractivity (Wildman–Crippen MR) is 83.2 cm³/mol. The maximum absolute atomic E-state index is 11.7. The van der Waals surface area contributed by atoms with Crippen LogP contribution >= 0.6 is 24.2 Å². The third kappa shape index (κ3) is 5.43. The summed E-state index contributed by atoms with van der Waals surface area (Å²) in [7, 11) is 0. The van der Waals surface area contributed by atoms with Crippen LogP contribution in [0.3, 0.4) is 0 Å². The van der Waals surface area contributed by atoms with Crippen molar-refractivity contribution in [2.24, 2.45) is 0 Å². The Balaban J connectivity index is 0.00000180. The Kier molecular flexibility index (Phi) is 7.28. The molecule has 5 heteroatoms. The lowest BCUT2D eigenvalue weighted by molar-refractivity contribution is -0.118. The second-order valence-corrected chi connectivity index (χ2v) is 5.67. The van der Waals surface area contributed by atoms with Crippen molar-refractivity contribution in [2.45, 2.75) is 30.7 Å². The van der Waals surface area contributed by atoms with E-state index in [1.807, 2.05) is 12.1 Å². The minimum Gasteiger partial charge on any atom is -0.354 e. The molecule has 1 saturated heterocycles. The highest BCUT2D eigenvalue weighted by atomic mass is 35.5. The lowest BCUT2D eigenvalue weighted by Gasteiger charge is -2.11. The highest BCUT2D eigenvalue weighted by molar-refractivity contribution is 8.00. The summed E-state index contributed by atoms with van der Waals surface area (Å²) in [6.07, 6.45) is 2.39. The van der Waals surface area contributed by atoms with Crippen molar-refractivity contribution in [3.63, 3.8) is 0 Å². The second-order valence-electron chi connectivity index (χ2n) is 4.65. The molecule has 19 heavy (non-hydrogen) atoms. The van der Waals surface area contributed by atoms with E-state index >= 15 is 0 Å². The summed E-state index contributed by atoms with van der Waals surface area (Å²) < 4.78 is 0. The first kappa shape index (κ1) is 16.3. The van der Waals surface area contributed by atoms with Gasteiger partial charge in [-0.25, -0.2) is 0 Å². The van der Waals surface area contributed by atoms with Crippen molar-refractivity contribution < 1.29 is 4.79 Å². The van der Waals surface area contributed by atoms with Crippen molar-refractivity contribution >= 4 is 30.1 Å². The third-order valence-corrected chi connectivity index (χ3v) is 4.34. The largest absolute Gasteiger partial charge is 0.354 e. The van der Waals surface area contributed by atoms with Crippen LogP contribution in [0, 0.1) is 6.92 Å². The molecule has 0 bridgehead atoms. The number of carbonyl (C=O) groups is 1. The molecule has 2 rings (SSSR count). The van der Waals surface area contributed by atoms with Gasteiger partial charge in [-0.15, -0.1) is 24.2 Å². The second kappa shape index (κ2) is 8.46. The van der Waals surface area contributed by atoms with Crippen molar-refractivity contribution in [1.29, 1.82) is 0 Å². The van der Waals surface area contributed by atoms with Gasteiger partial charge in [-0.05, 0) is 37.9 Å². The van der Waals surface area contributed by atoms with Gasteiger partial charge in [-0.1, -0.05) is 18.2 Å². The maximum Gasteiger partial charge on any atom is 0.230 e. The number of carbonyl (C=O) groups excluding carboxylic acids is 1. The van der Waals surface area contributed by atoms with E-state index in [2.05, 4.69) is 29.7 Å². The van der Waals surface area contributed by atoms with E-state index in [4.69, 9.17) is 0 Å². The molecule has 0 aliphatic carbocycles. The Hall–Kier alpha value is -0.710. The van der Waals surface area contributed by atoms with Gasteiger partial charge < -0.3 is 10.6 Å². The van der Waals surface area contributed by atoms with Crippen LogP contribution in [0.4, 0.5) is 0 Å². The van der Waals surface area contributed by atoms with Gasteiger partial charge in [0.15, 0.2) is 0 Å². The summed E-state index contributed by atoms with van der Waals surface area (Å²) in [5, 5.41) is 6.37. The third-order valence-electron chi connectivity index (χ3n) is 3.16. The smallest absolute Gasteiger partial charge is 0.230 e. The zero-order chi connectivity index (χ0) is 12.8. The molecule has 0 radical (unpaired) electrons. The molecule has 0 saturated carbocycles. The number of nitrogens with one attached hydrogen (secondary N) is 2. The summed E-state index contributed by atoms with van der Waals surface area (Å²) in [5.41, 5.74) is 1.23. The number of halogens is 1. The van der Waals surface area contributed by atoms with Gasteiger partial charge in [0, 0.05) is 17.5 Å². The highest BCUT2D eigenvalue weighted by Gasteiger charge is 2.14. The first-order valence-electron chi connectivity index (χ1n) is 6.44.